The van der Waals surface area contributed by atoms with E-state index in [0.717, 1.165) is 0 Å². The van der Waals surface area contributed by atoms with E-state index in [9.17, 15) is 9.90 Å². The second kappa shape index (κ2) is 3.06. The summed E-state index contributed by atoms with van der Waals surface area (Å²) < 4.78 is 14.9. The lowest BCUT2D eigenvalue weighted by atomic mass is 10.2. The molecular weight excluding hydrogens is 183 g/mol. The molecule has 0 aliphatic heterocycles. The molecule has 0 unspecified atom stereocenters. The van der Waals surface area contributed by atoms with Crippen LogP contribution in [0, 0.1) is 0 Å². The first kappa shape index (κ1) is 6.48. The lowest BCUT2D eigenvalue weighted by molar-refractivity contribution is -0.136. The summed E-state index contributed by atoms with van der Waals surface area (Å²) in [6.07, 6.45) is -1.18. The Labute approximate surface area is 82.6 Å². The summed E-state index contributed by atoms with van der Waals surface area (Å²) in [4.78, 5) is 13.6. The zero-order valence-electron chi connectivity index (χ0n) is 9.11. The van der Waals surface area contributed by atoms with Crippen LogP contribution in [0.2, 0.25) is 0 Å². The van der Waals surface area contributed by atoms with Crippen LogP contribution in [-0.4, -0.2) is 21.2 Å². The highest BCUT2D eigenvalue weighted by Gasteiger charge is 2.07. The molecule has 1 heterocycles. The zero-order valence-corrected chi connectivity index (χ0v) is 7.11. The highest BCUT2D eigenvalue weighted by Crippen LogP contribution is 2.23. The number of hydrogen-bond acceptors (Lipinski definition) is 2. The third-order valence-corrected chi connectivity index (χ3v) is 1.91. The van der Waals surface area contributed by atoms with Gasteiger partial charge in [-0.3, -0.25) is 4.79 Å². The minimum atomic E-state index is -2.48. The second-order valence-corrected chi connectivity index (χ2v) is 2.86. The van der Waals surface area contributed by atoms with Gasteiger partial charge in [-0.2, -0.15) is 0 Å². The fourth-order valence-corrected chi connectivity index (χ4v) is 1.33. The Bertz CT molecular complexity index is 562. The van der Waals surface area contributed by atoms with Gasteiger partial charge in [0.25, 0.3) is 0 Å². The van der Waals surface area contributed by atoms with Gasteiger partial charge < -0.3 is 15.2 Å². The maximum Gasteiger partial charge on any atom is 0.307 e. The Morgan fingerprint density at radius 1 is 1.57 bits per heavy atom. The molecule has 1 aromatic heterocycles. The van der Waals surface area contributed by atoms with Crippen molar-refractivity contribution in [1.29, 1.82) is 0 Å². The van der Waals surface area contributed by atoms with Crippen molar-refractivity contribution >= 4 is 16.9 Å². The predicted molar refractivity (Wildman–Crippen MR) is 51.3 cm³/mol. The van der Waals surface area contributed by atoms with E-state index < -0.39 is 12.3 Å². The van der Waals surface area contributed by atoms with Crippen molar-refractivity contribution in [2.75, 3.05) is 0 Å². The molecule has 3 N–H and O–H groups in total. The topological polar surface area (TPSA) is 73.3 Å². The van der Waals surface area contributed by atoms with Crippen molar-refractivity contribution in [3.8, 4) is 5.75 Å². The van der Waals surface area contributed by atoms with E-state index in [4.69, 9.17) is 7.85 Å². The summed E-state index contributed by atoms with van der Waals surface area (Å²) in [7, 11) is 0. The van der Waals surface area contributed by atoms with E-state index in [1.807, 2.05) is 0 Å². The van der Waals surface area contributed by atoms with Crippen LogP contribution in [-0.2, 0) is 11.2 Å². The molecule has 4 heteroatoms. The molecule has 0 spiro atoms. The summed E-state index contributed by atoms with van der Waals surface area (Å²) in [5.74, 6) is -1.59. The molecule has 2 rings (SSSR count). The summed E-state index contributed by atoms with van der Waals surface area (Å²) in [6, 6.07) is 4.34. The van der Waals surface area contributed by atoms with Crippen LogP contribution in [0.15, 0.2) is 24.4 Å². The number of phenols is 1. The number of carboxylic acids is 1. The molecule has 0 saturated carbocycles. The Morgan fingerprint density at radius 3 is 3.07 bits per heavy atom. The average molecular weight is 194 g/mol. The first-order valence-electron chi connectivity index (χ1n) is 4.97. The number of carboxylic acid groups (broad SMARTS) is 1. The number of aromatic nitrogens is 1. The van der Waals surface area contributed by atoms with Gasteiger partial charge in [0, 0.05) is 19.8 Å². The summed E-state index contributed by atoms with van der Waals surface area (Å²) in [6.45, 7) is 0. The van der Waals surface area contributed by atoms with Crippen LogP contribution in [0.4, 0.5) is 0 Å². The molecule has 0 saturated heterocycles. The van der Waals surface area contributed by atoms with Crippen LogP contribution in [0.25, 0.3) is 10.9 Å². The number of rotatable bonds is 2. The number of nitrogens with one attached hydrogen (secondary N) is 1. The zero-order chi connectivity index (χ0) is 11.9. The second-order valence-electron chi connectivity index (χ2n) is 2.86. The molecule has 0 aliphatic rings. The van der Waals surface area contributed by atoms with Gasteiger partial charge in [0.1, 0.15) is 5.75 Å². The van der Waals surface area contributed by atoms with Crippen LogP contribution < -0.4 is 0 Å². The van der Waals surface area contributed by atoms with Gasteiger partial charge in [0.2, 0.25) is 0 Å². The quantitative estimate of drug-likeness (QED) is 0.634. The maximum absolute atomic E-state index is 10.8. The van der Waals surface area contributed by atoms with Gasteiger partial charge >= 0.3 is 5.97 Å². The minimum absolute atomic E-state index is 0.00546. The van der Waals surface area contributed by atoms with E-state index in [-0.39, 0.29) is 11.3 Å². The Morgan fingerprint density at radius 2 is 2.36 bits per heavy atom. The molecule has 0 aliphatic carbocycles. The lowest BCUT2D eigenvalue weighted by Crippen LogP contribution is -1.98. The van der Waals surface area contributed by atoms with Crippen molar-refractivity contribution in [3.05, 3.63) is 30.0 Å². The number of carbonyl (C=O) groups is 1. The van der Waals surface area contributed by atoms with Crippen molar-refractivity contribution in [1.82, 2.24) is 4.98 Å². The first-order valence-corrected chi connectivity index (χ1v) is 3.97. The first-order chi connectivity index (χ1) is 7.43. The summed E-state index contributed by atoms with van der Waals surface area (Å²) >= 11 is 0. The number of fused-ring (bicyclic) bond motifs is 1. The molecule has 14 heavy (non-hydrogen) atoms. The third-order valence-electron chi connectivity index (χ3n) is 1.91. The number of benzene rings is 1. The molecule has 0 fully saturated rings. The van der Waals surface area contributed by atoms with Crippen molar-refractivity contribution in [2.24, 2.45) is 0 Å². The number of aromatic amines is 1. The molecule has 0 atom stereocenters. The highest BCUT2D eigenvalue weighted by atomic mass is 16.4. The van der Waals surface area contributed by atoms with E-state index >= 15 is 0 Å². The Kier molecular flexibility index (Phi) is 1.42. The smallest absolute Gasteiger partial charge is 0.307 e. The number of H-pyrrole nitrogens is 1. The minimum Gasteiger partial charge on any atom is -0.508 e. The van der Waals surface area contributed by atoms with E-state index in [2.05, 4.69) is 4.98 Å². The Hall–Kier alpha value is -1.97. The average Bonchev–Trinajstić information content (AvgIpc) is 2.60. The number of aromatic hydroxyl groups is 1. The molecule has 72 valence electrons. The van der Waals surface area contributed by atoms with Crippen LogP contribution in [0.3, 0.4) is 0 Å². The van der Waals surface area contributed by atoms with Crippen LogP contribution in [0.5, 0.6) is 5.75 Å². The van der Waals surface area contributed by atoms with Crippen LogP contribution >= 0.6 is 0 Å². The number of hydrogen-bond donors (Lipinski definition) is 3. The fourth-order valence-electron chi connectivity index (χ4n) is 1.33. The Balaban J connectivity index is 2.70. The summed E-state index contributed by atoms with van der Waals surface area (Å²) in [5.41, 5.74) is 0.587. The lowest BCUT2D eigenvalue weighted by Gasteiger charge is -1.95. The van der Waals surface area contributed by atoms with Gasteiger partial charge in [-0.15, -0.1) is 0 Å². The molecule has 0 radical (unpaired) electrons. The standard InChI is InChI=1S/C10H9NO3/c12-7-1-2-9-8(4-7)6(5-11-9)3-10(13)14/h1-2,4-5,11-12H,3H2,(H,13,14)/i3+1D2. The monoisotopic (exact) mass is 194 g/mol. The van der Waals surface area contributed by atoms with E-state index in [1.54, 1.807) is 6.07 Å². The van der Waals surface area contributed by atoms with Gasteiger partial charge in [-0.05, 0) is 23.8 Å². The number of phenolic OH excluding ortho intramolecular Hbond substituents is 1. The highest BCUT2D eigenvalue weighted by molar-refractivity contribution is 5.87. The molecule has 0 amide bonds. The number of aliphatic carboxylic acids is 1. The molecule has 2 aromatic rings. The van der Waals surface area contributed by atoms with Gasteiger partial charge in [0.05, 0.1) is 6.37 Å². The molecule has 1 aromatic carbocycles. The van der Waals surface area contributed by atoms with Gasteiger partial charge in [-0.25, -0.2) is 0 Å². The van der Waals surface area contributed by atoms with Gasteiger partial charge in [-0.1, -0.05) is 0 Å². The van der Waals surface area contributed by atoms with E-state index in [1.165, 1.54) is 18.3 Å². The van der Waals surface area contributed by atoms with Crippen molar-refractivity contribution < 1.29 is 17.7 Å². The SMILES string of the molecule is [2H][13C]([2H])(C(=O)O)c1c[nH]c2ccc(O)cc12. The third kappa shape index (κ3) is 1.42. The fraction of sp³-hybridized carbons (Fsp3) is 0.100. The predicted octanol–water partition coefficient (Wildman–Crippen LogP) is 1.50. The normalized spacial score (nSPS) is 13.7. The largest absolute Gasteiger partial charge is 0.508 e. The maximum atomic E-state index is 10.8. The molecule has 4 nitrogen and oxygen atoms in total. The van der Waals surface area contributed by atoms with Gasteiger partial charge in [0.15, 0.2) is 0 Å². The van der Waals surface area contributed by atoms with E-state index in [0.29, 0.717) is 10.9 Å². The van der Waals surface area contributed by atoms with Crippen LogP contribution in [0.1, 0.15) is 8.30 Å². The molecular formula is C10H9NO3. The van der Waals surface area contributed by atoms with Crippen molar-refractivity contribution in [3.63, 3.8) is 0 Å². The van der Waals surface area contributed by atoms with Crippen molar-refractivity contribution in [2.45, 2.75) is 6.37 Å². The summed E-state index contributed by atoms with van der Waals surface area (Å²) in [5, 5.41) is 18.5. The molecule has 0 bridgehead atoms.